The number of hydrogen-bond acceptors (Lipinski definition) is 6. The second-order valence-corrected chi connectivity index (χ2v) is 5.40. The van der Waals surface area contributed by atoms with Gasteiger partial charge in [0.1, 0.15) is 11.7 Å². The van der Waals surface area contributed by atoms with Gasteiger partial charge in [0.25, 0.3) is 11.5 Å². The van der Waals surface area contributed by atoms with Crippen LogP contribution in [-0.2, 0) is 16.1 Å². The minimum absolute atomic E-state index is 0.0550. The van der Waals surface area contributed by atoms with Crippen molar-refractivity contribution in [2.24, 2.45) is 0 Å². The third-order valence-corrected chi connectivity index (χ3v) is 4.03. The minimum Gasteiger partial charge on any atom is -0.480 e. The Balaban J connectivity index is 2.23. The molecule has 0 bridgehead atoms. The standard InChI is InChI=1S/C12H15N3O5S/c1-20-5-4-15-10(16)3-2-8(13-15)11(17)14-7-21-6-9(14)12(18)19/h2-3,9H,4-7H2,1H3,(H,18,19). The molecule has 2 heterocycles. The lowest BCUT2D eigenvalue weighted by Crippen LogP contribution is -2.42. The van der Waals surface area contributed by atoms with Crippen LogP contribution in [0.3, 0.4) is 0 Å². The van der Waals surface area contributed by atoms with E-state index in [1.165, 1.54) is 35.9 Å². The lowest BCUT2D eigenvalue weighted by molar-refractivity contribution is -0.140. The number of thioether (sulfide) groups is 1. The van der Waals surface area contributed by atoms with Gasteiger partial charge in [-0.2, -0.15) is 5.10 Å². The van der Waals surface area contributed by atoms with Crippen LogP contribution >= 0.6 is 11.8 Å². The fraction of sp³-hybridized carbons (Fsp3) is 0.500. The van der Waals surface area contributed by atoms with Crippen LogP contribution in [0.25, 0.3) is 0 Å². The Morgan fingerprint density at radius 3 is 2.95 bits per heavy atom. The maximum Gasteiger partial charge on any atom is 0.327 e. The molecule has 1 amide bonds. The summed E-state index contributed by atoms with van der Waals surface area (Å²) in [5.74, 6) is -0.876. The Morgan fingerprint density at radius 1 is 1.52 bits per heavy atom. The number of ether oxygens (including phenoxy) is 1. The number of rotatable bonds is 5. The van der Waals surface area contributed by atoms with Crippen LogP contribution in [0.1, 0.15) is 10.5 Å². The van der Waals surface area contributed by atoms with Crippen molar-refractivity contribution < 1.29 is 19.4 Å². The molecular formula is C12H15N3O5S. The summed E-state index contributed by atoms with van der Waals surface area (Å²) in [7, 11) is 1.50. The van der Waals surface area contributed by atoms with Crippen molar-refractivity contribution >= 4 is 23.6 Å². The third-order valence-electron chi connectivity index (χ3n) is 3.02. The molecule has 1 unspecified atom stereocenters. The number of carbonyl (C=O) groups excluding carboxylic acids is 1. The second kappa shape index (κ2) is 6.72. The molecule has 1 aliphatic heterocycles. The van der Waals surface area contributed by atoms with Crippen LogP contribution < -0.4 is 5.56 Å². The van der Waals surface area contributed by atoms with Crippen molar-refractivity contribution in [2.75, 3.05) is 25.3 Å². The first kappa shape index (κ1) is 15.5. The van der Waals surface area contributed by atoms with Crippen LogP contribution in [0, 0.1) is 0 Å². The van der Waals surface area contributed by atoms with Crippen molar-refractivity contribution in [3.05, 3.63) is 28.2 Å². The van der Waals surface area contributed by atoms with E-state index in [9.17, 15) is 14.4 Å². The van der Waals surface area contributed by atoms with Crippen molar-refractivity contribution in [1.82, 2.24) is 14.7 Å². The van der Waals surface area contributed by atoms with Gasteiger partial charge < -0.3 is 14.7 Å². The van der Waals surface area contributed by atoms with E-state index < -0.39 is 17.9 Å². The van der Waals surface area contributed by atoms with Gasteiger partial charge in [-0.1, -0.05) is 0 Å². The molecule has 1 fully saturated rings. The summed E-state index contributed by atoms with van der Waals surface area (Å²) in [5, 5.41) is 13.1. The third kappa shape index (κ3) is 3.42. The van der Waals surface area contributed by atoms with Crippen LogP contribution in [0.5, 0.6) is 0 Å². The molecule has 0 saturated carbocycles. The summed E-state index contributed by atoms with van der Waals surface area (Å²) >= 11 is 1.37. The van der Waals surface area contributed by atoms with E-state index in [1.807, 2.05) is 0 Å². The molecule has 1 N–H and O–H groups in total. The van der Waals surface area contributed by atoms with Crippen LogP contribution in [0.2, 0.25) is 0 Å². The molecule has 1 aromatic heterocycles. The number of hydrogen-bond donors (Lipinski definition) is 1. The van der Waals surface area contributed by atoms with Crippen molar-refractivity contribution in [1.29, 1.82) is 0 Å². The predicted octanol–water partition coefficient (Wildman–Crippen LogP) is -0.511. The predicted molar refractivity (Wildman–Crippen MR) is 75.3 cm³/mol. The second-order valence-electron chi connectivity index (χ2n) is 4.40. The van der Waals surface area contributed by atoms with Gasteiger partial charge in [0.2, 0.25) is 0 Å². The normalized spacial score (nSPS) is 18.0. The topological polar surface area (TPSA) is 102 Å². The number of aliphatic carboxylic acids is 1. The monoisotopic (exact) mass is 313 g/mol. The SMILES string of the molecule is COCCn1nc(C(=O)N2CSCC2C(=O)O)ccc1=O. The van der Waals surface area contributed by atoms with E-state index in [1.54, 1.807) is 0 Å². The molecule has 21 heavy (non-hydrogen) atoms. The molecule has 8 nitrogen and oxygen atoms in total. The van der Waals surface area contributed by atoms with Crippen LogP contribution in [0.15, 0.2) is 16.9 Å². The molecule has 0 radical (unpaired) electrons. The molecule has 1 saturated heterocycles. The zero-order valence-corrected chi connectivity index (χ0v) is 12.2. The Morgan fingerprint density at radius 2 is 2.29 bits per heavy atom. The molecule has 2 rings (SSSR count). The fourth-order valence-corrected chi connectivity index (χ4v) is 3.04. The van der Waals surface area contributed by atoms with Gasteiger partial charge in [0, 0.05) is 18.9 Å². The van der Waals surface area contributed by atoms with E-state index in [-0.39, 0.29) is 17.8 Å². The van der Waals surface area contributed by atoms with Gasteiger partial charge in [0.05, 0.1) is 19.0 Å². The molecule has 1 aromatic rings. The van der Waals surface area contributed by atoms with E-state index in [2.05, 4.69) is 5.10 Å². The van der Waals surface area contributed by atoms with Crippen LogP contribution in [0.4, 0.5) is 0 Å². The summed E-state index contributed by atoms with van der Waals surface area (Å²) in [6, 6.07) is 1.70. The van der Waals surface area contributed by atoms with Gasteiger partial charge in [-0.3, -0.25) is 9.59 Å². The van der Waals surface area contributed by atoms with Crippen LogP contribution in [-0.4, -0.2) is 63.1 Å². The Labute approximate surface area is 124 Å². The zero-order chi connectivity index (χ0) is 15.4. The Bertz CT molecular complexity index is 603. The highest BCUT2D eigenvalue weighted by atomic mass is 32.2. The molecule has 0 spiro atoms. The first-order valence-corrected chi connectivity index (χ1v) is 7.38. The van der Waals surface area contributed by atoms with Crippen molar-refractivity contribution in [2.45, 2.75) is 12.6 Å². The lowest BCUT2D eigenvalue weighted by atomic mass is 10.2. The summed E-state index contributed by atoms with van der Waals surface area (Å²) in [6.07, 6.45) is 0. The number of carboxylic acid groups (broad SMARTS) is 1. The van der Waals surface area contributed by atoms with Gasteiger partial charge in [-0.05, 0) is 6.07 Å². The largest absolute Gasteiger partial charge is 0.480 e. The first-order valence-electron chi connectivity index (χ1n) is 6.23. The number of methoxy groups -OCH3 is 1. The fourth-order valence-electron chi connectivity index (χ4n) is 1.90. The van der Waals surface area contributed by atoms with E-state index >= 15 is 0 Å². The highest BCUT2D eigenvalue weighted by molar-refractivity contribution is 7.99. The van der Waals surface area contributed by atoms with Gasteiger partial charge in [-0.25, -0.2) is 9.48 Å². The van der Waals surface area contributed by atoms with E-state index in [0.717, 1.165) is 4.68 Å². The summed E-state index contributed by atoms with van der Waals surface area (Å²) in [4.78, 5) is 36.3. The summed E-state index contributed by atoms with van der Waals surface area (Å²) < 4.78 is 6.01. The number of carbonyl (C=O) groups is 2. The molecule has 1 aliphatic rings. The smallest absolute Gasteiger partial charge is 0.327 e. The minimum atomic E-state index is -1.04. The molecular weight excluding hydrogens is 298 g/mol. The van der Waals surface area contributed by atoms with Crippen molar-refractivity contribution in [3.63, 3.8) is 0 Å². The maximum absolute atomic E-state index is 12.3. The zero-order valence-electron chi connectivity index (χ0n) is 11.4. The first-order chi connectivity index (χ1) is 10.0. The summed E-state index contributed by atoms with van der Waals surface area (Å²) in [5.41, 5.74) is -0.284. The summed E-state index contributed by atoms with van der Waals surface area (Å²) in [6.45, 7) is 0.523. The van der Waals surface area contributed by atoms with Gasteiger partial charge >= 0.3 is 5.97 Å². The molecule has 114 valence electrons. The quantitative estimate of drug-likeness (QED) is 0.781. The molecule has 0 aliphatic carbocycles. The number of aromatic nitrogens is 2. The van der Waals surface area contributed by atoms with Crippen molar-refractivity contribution in [3.8, 4) is 0 Å². The van der Waals surface area contributed by atoms with Gasteiger partial charge in [-0.15, -0.1) is 11.8 Å². The number of nitrogens with zero attached hydrogens (tertiary/aromatic N) is 3. The maximum atomic E-state index is 12.3. The average molecular weight is 313 g/mol. The van der Waals surface area contributed by atoms with E-state index in [0.29, 0.717) is 18.2 Å². The van der Waals surface area contributed by atoms with E-state index in [4.69, 9.17) is 9.84 Å². The molecule has 9 heteroatoms. The highest BCUT2D eigenvalue weighted by Crippen LogP contribution is 2.22. The van der Waals surface area contributed by atoms with Gasteiger partial charge in [0.15, 0.2) is 0 Å². The highest BCUT2D eigenvalue weighted by Gasteiger charge is 2.35. The lowest BCUT2D eigenvalue weighted by Gasteiger charge is -2.20. The Hall–Kier alpha value is -1.87. The number of carboxylic acids is 1. The Kier molecular flexibility index (Phi) is 4.97. The molecule has 1 atom stereocenters. The number of amides is 1. The average Bonchev–Trinajstić information content (AvgIpc) is 2.95. The molecule has 0 aromatic carbocycles.